The Morgan fingerprint density at radius 1 is 0.957 bits per heavy atom. The van der Waals surface area contributed by atoms with Crippen molar-refractivity contribution in [2.24, 2.45) is 0 Å². The minimum absolute atomic E-state index is 0.0494. The van der Waals surface area contributed by atoms with E-state index in [1.165, 1.54) is 19.1 Å². The van der Waals surface area contributed by atoms with Crippen molar-refractivity contribution in [3.8, 4) is 27.3 Å². The smallest absolute Gasteiger partial charge is 0.271 e. The number of piperidine rings is 1. The van der Waals surface area contributed by atoms with E-state index in [0.29, 0.717) is 69.1 Å². The maximum absolute atomic E-state index is 14.1. The third kappa shape index (κ3) is 8.51. The van der Waals surface area contributed by atoms with E-state index in [9.17, 15) is 18.8 Å². The Labute approximate surface area is 290 Å². The molecule has 0 bridgehead atoms. The molecule has 3 amide bonds. The second kappa shape index (κ2) is 15.6. The Kier molecular flexibility index (Phi) is 11.5. The molecule has 1 fully saturated rings. The number of nitrogens with one attached hydrogen (secondary N) is 4. The Balaban J connectivity index is 1.53. The van der Waals surface area contributed by atoms with Gasteiger partial charge in [-0.25, -0.2) is 4.39 Å². The van der Waals surface area contributed by atoms with Gasteiger partial charge in [-0.2, -0.15) is 0 Å². The lowest BCUT2D eigenvalue weighted by atomic mass is 9.86. The van der Waals surface area contributed by atoms with Gasteiger partial charge >= 0.3 is 0 Å². The number of ether oxygens (including phenoxy) is 1. The number of hydrogen-bond donors (Lipinski definition) is 4. The summed E-state index contributed by atoms with van der Waals surface area (Å²) in [4.78, 5) is 40.4. The summed E-state index contributed by atoms with van der Waals surface area (Å²) in [6.45, 7) is 3.07. The average molecular weight is 718 g/mol. The average Bonchev–Trinajstić information content (AvgIpc) is 3.42. The van der Waals surface area contributed by atoms with Crippen molar-refractivity contribution in [3.05, 3.63) is 98.1 Å². The van der Waals surface area contributed by atoms with E-state index in [-0.39, 0.29) is 35.5 Å². The Hall–Kier alpha value is -3.51. The van der Waals surface area contributed by atoms with Crippen LogP contribution in [-0.4, -0.2) is 49.5 Å². The van der Waals surface area contributed by atoms with Crippen LogP contribution in [0.5, 0.6) is 5.75 Å². The van der Waals surface area contributed by atoms with Crippen molar-refractivity contribution in [1.29, 1.82) is 0 Å². The highest BCUT2D eigenvalue weighted by Crippen LogP contribution is 2.50. The van der Waals surface area contributed by atoms with Crippen molar-refractivity contribution >= 4 is 63.9 Å². The third-order valence-corrected chi connectivity index (χ3v) is 9.77. The number of hydrogen-bond acceptors (Lipinski definition) is 7. The molecular formula is C34H32Cl3FN4O4S. The standard InChI is InChI=1S/C34H32Cl3FN4O4S/c1-20(43)40-16-17-46-29-28(22-4-6-23(35)7-5-22)30(26-11-8-24(36)18-27(26)37)47-31(29)32(44)42-33(45)34(12-14-39-15-13-34)41-19-21-2-9-25(38)10-3-21/h2-11,18,39,41H,12-17,19H2,1H3,(H,40,43)(H,42,44,45). The van der Waals surface area contributed by atoms with Crippen LogP contribution in [0.15, 0.2) is 66.7 Å². The first kappa shape index (κ1) is 34.8. The molecule has 2 heterocycles. The Morgan fingerprint density at radius 2 is 1.64 bits per heavy atom. The Morgan fingerprint density at radius 3 is 2.30 bits per heavy atom. The highest BCUT2D eigenvalue weighted by atomic mass is 35.5. The molecule has 246 valence electrons. The molecule has 1 aliphatic heterocycles. The van der Waals surface area contributed by atoms with Crippen molar-refractivity contribution in [1.82, 2.24) is 21.3 Å². The van der Waals surface area contributed by atoms with Crippen LogP contribution in [0.2, 0.25) is 15.1 Å². The molecule has 1 aromatic heterocycles. The molecule has 8 nitrogen and oxygen atoms in total. The monoisotopic (exact) mass is 716 g/mol. The first-order valence-electron chi connectivity index (χ1n) is 14.9. The summed E-state index contributed by atoms with van der Waals surface area (Å²) in [5.41, 5.74) is 1.62. The number of rotatable bonds is 11. The summed E-state index contributed by atoms with van der Waals surface area (Å²) >= 11 is 20.2. The zero-order valence-corrected chi connectivity index (χ0v) is 28.4. The van der Waals surface area contributed by atoms with Crippen LogP contribution in [0.25, 0.3) is 21.6 Å². The van der Waals surface area contributed by atoms with Crippen molar-refractivity contribution in [2.45, 2.75) is 31.8 Å². The SMILES string of the molecule is CC(=O)NCCOc1c(C(=O)NC(=O)C2(NCc3ccc(F)cc3)CCNCC2)sc(-c2ccc(Cl)cc2Cl)c1-c1ccc(Cl)cc1. The van der Waals surface area contributed by atoms with E-state index >= 15 is 0 Å². The Bertz CT molecular complexity index is 1760. The molecule has 47 heavy (non-hydrogen) atoms. The van der Waals surface area contributed by atoms with Crippen LogP contribution < -0.4 is 26.0 Å². The van der Waals surface area contributed by atoms with Crippen LogP contribution in [0.4, 0.5) is 4.39 Å². The molecule has 0 radical (unpaired) electrons. The molecular weight excluding hydrogens is 686 g/mol. The number of benzene rings is 3. The van der Waals surface area contributed by atoms with Gasteiger partial charge < -0.3 is 15.4 Å². The van der Waals surface area contributed by atoms with E-state index in [1.54, 1.807) is 54.6 Å². The van der Waals surface area contributed by atoms with Crippen molar-refractivity contribution in [2.75, 3.05) is 26.2 Å². The minimum Gasteiger partial charge on any atom is -0.489 e. The van der Waals surface area contributed by atoms with Gasteiger partial charge in [0.15, 0.2) is 5.75 Å². The number of amides is 3. The summed E-state index contributed by atoms with van der Waals surface area (Å²) in [5.74, 6) is -1.48. The molecule has 13 heteroatoms. The molecule has 1 aliphatic rings. The van der Waals surface area contributed by atoms with Crippen LogP contribution in [-0.2, 0) is 16.1 Å². The van der Waals surface area contributed by atoms with E-state index < -0.39 is 17.4 Å². The van der Waals surface area contributed by atoms with Gasteiger partial charge in [0.05, 0.1) is 11.6 Å². The fourth-order valence-corrected chi connectivity index (χ4v) is 7.20. The molecule has 0 aliphatic carbocycles. The lowest BCUT2D eigenvalue weighted by Gasteiger charge is -2.37. The molecule has 1 saturated heterocycles. The number of thiophene rings is 1. The highest BCUT2D eigenvalue weighted by molar-refractivity contribution is 7.18. The molecule has 4 aromatic rings. The second-order valence-corrected chi connectivity index (χ2v) is 13.3. The number of imide groups is 1. The zero-order valence-electron chi connectivity index (χ0n) is 25.4. The predicted molar refractivity (Wildman–Crippen MR) is 185 cm³/mol. The number of carbonyl (C=O) groups excluding carboxylic acids is 3. The maximum Gasteiger partial charge on any atom is 0.271 e. The van der Waals surface area contributed by atoms with Crippen LogP contribution >= 0.6 is 46.1 Å². The lowest BCUT2D eigenvalue weighted by Crippen LogP contribution is -2.61. The topological polar surface area (TPSA) is 109 Å². The van der Waals surface area contributed by atoms with E-state index in [2.05, 4.69) is 21.3 Å². The fourth-order valence-electron chi connectivity index (χ4n) is 5.32. The third-order valence-electron chi connectivity index (χ3n) is 7.76. The molecule has 0 atom stereocenters. The van der Waals surface area contributed by atoms with E-state index in [0.717, 1.165) is 16.9 Å². The quantitative estimate of drug-likeness (QED) is 0.0998. The van der Waals surface area contributed by atoms with Gasteiger partial charge in [-0.1, -0.05) is 65.1 Å². The van der Waals surface area contributed by atoms with Gasteiger partial charge in [0.2, 0.25) is 11.8 Å². The molecule has 5 rings (SSSR count). The largest absolute Gasteiger partial charge is 0.489 e. The molecule has 0 saturated carbocycles. The van der Waals surface area contributed by atoms with E-state index in [4.69, 9.17) is 39.5 Å². The highest BCUT2D eigenvalue weighted by Gasteiger charge is 2.41. The van der Waals surface area contributed by atoms with Gasteiger partial charge in [-0.15, -0.1) is 11.3 Å². The fraction of sp³-hybridized carbons (Fsp3) is 0.265. The summed E-state index contributed by atoms with van der Waals surface area (Å²) < 4.78 is 19.7. The predicted octanol–water partition coefficient (Wildman–Crippen LogP) is 6.86. The first-order valence-corrected chi connectivity index (χ1v) is 16.8. The van der Waals surface area contributed by atoms with Gasteiger partial charge in [0, 0.05) is 39.5 Å². The second-order valence-electron chi connectivity index (χ2n) is 11.0. The number of halogens is 4. The van der Waals surface area contributed by atoms with Crippen LogP contribution in [0.3, 0.4) is 0 Å². The summed E-state index contributed by atoms with van der Waals surface area (Å²) in [6.07, 6.45) is 0.860. The molecule has 0 spiro atoms. The van der Waals surface area contributed by atoms with Crippen molar-refractivity contribution in [3.63, 3.8) is 0 Å². The van der Waals surface area contributed by atoms with E-state index in [1.807, 2.05) is 0 Å². The molecule has 3 aromatic carbocycles. The normalized spacial score (nSPS) is 14.0. The van der Waals surface area contributed by atoms with Gasteiger partial charge in [-0.3, -0.25) is 25.0 Å². The molecule has 0 unspecified atom stereocenters. The van der Waals surface area contributed by atoms with Crippen LogP contribution in [0.1, 0.15) is 35.0 Å². The van der Waals surface area contributed by atoms with Gasteiger partial charge in [-0.05, 0) is 73.5 Å². The molecule has 4 N–H and O–H groups in total. The maximum atomic E-state index is 14.1. The number of carbonyl (C=O) groups is 3. The zero-order chi connectivity index (χ0) is 33.6. The summed E-state index contributed by atoms with van der Waals surface area (Å²) in [5, 5.41) is 13.3. The lowest BCUT2D eigenvalue weighted by molar-refractivity contribution is -0.128. The van der Waals surface area contributed by atoms with Gasteiger partial charge in [0.1, 0.15) is 22.8 Å². The van der Waals surface area contributed by atoms with Crippen molar-refractivity contribution < 1.29 is 23.5 Å². The van der Waals surface area contributed by atoms with Crippen LogP contribution in [0, 0.1) is 5.82 Å². The summed E-state index contributed by atoms with van der Waals surface area (Å²) in [6, 6.07) is 18.1. The van der Waals surface area contributed by atoms with Gasteiger partial charge in [0.25, 0.3) is 5.91 Å². The first-order chi connectivity index (χ1) is 22.6. The summed E-state index contributed by atoms with van der Waals surface area (Å²) in [7, 11) is 0. The minimum atomic E-state index is -1.06.